The van der Waals surface area contributed by atoms with Gasteiger partial charge in [-0.15, -0.1) is 0 Å². The Hall–Kier alpha value is -0.340. The van der Waals surface area contributed by atoms with Crippen LogP contribution in [-0.4, -0.2) is 22.4 Å². The van der Waals surface area contributed by atoms with Crippen molar-refractivity contribution in [2.24, 2.45) is 34.0 Å². The van der Waals surface area contributed by atoms with Crippen LogP contribution >= 0.6 is 0 Å². The van der Waals surface area contributed by atoms with Crippen molar-refractivity contribution in [3.8, 4) is 0 Å². The van der Waals surface area contributed by atoms with Gasteiger partial charge >= 0.3 is 0 Å². The molecule has 4 fully saturated rings. The molecule has 2 nitrogen and oxygen atoms in total. The molecule has 0 unspecified atom stereocenters. The smallest absolute Gasteiger partial charge is 0.0810 e. The topological polar surface area (TPSA) is 40.5 Å². The lowest BCUT2D eigenvalue weighted by Gasteiger charge is -2.65. The van der Waals surface area contributed by atoms with E-state index in [-0.39, 0.29) is 28.5 Å². The van der Waals surface area contributed by atoms with Crippen LogP contribution in [0.1, 0.15) is 65.7 Å². The number of aliphatic hydroxyl groups is 2. The average molecular weight is 304 g/mol. The molecule has 0 amide bonds. The van der Waals surface area contributed by atoms with E-state index in [2.05, 4.69) is 27.4 Å². The predicted octanol–water partition coefficient (Wildman–Crippen LogP) is 3.92. The van der Waals surface area contributed by atoms with Crippen LogP contribution < -0.4 is 0 Å². The van der Waals surface area contributed by atoms with Gasteiger partial charge in [0.15, 0.2) is 0 Å². The highest BCUT2D eigenvalue weighted by Crippen LogP contribution is 2.71. The Labute approximate surface area is 135 Å². The van der Waals surface area contributed by atoms with E-state index in [0.29, 0.717) is 17.8 Å². The van der Waals surface area contributed by atoms with Gasteiger partial charge in [-0.05, 0) is 72.7 Å². The molecule has 22 heavy (non-hydrogen) atoms. The first-order valence-corrected chi connectivity index (χ1v) is 9.27. The largest absolute Gasteiger partial charge is 0.393 e. The van der Waals surface area contributed by atoms with Crippen LogP contribution in [0.4, 0.5) is 0 Å². The number of hydrogen-bond acceptors (Lipinski definition) is 2. The Bertz CT molecular complexity index is 510. The van der Waals surface area contributed by atoms with Crippen molar-refractivity contribution in [1.82, 2.24) is 0 Å². The van der Waals surface area contributed by atoms with Crippen LogP contribution in [0.15, 0.2) is 12.2 Å². The zero-order valence-electron chi connectivity index (χ0n) is 14.4. The fraction of sp³-hybridized carbons (Fsp3) is 0.900. The highest BCUT2D eigenvalue weighted by Gasteiger charge is 2.68. The summed E-state index contributed by atoms with van der Waals surface area (Å²) in [5, 5.41) is 22.1. The van der Waals surface area contributed by atoms with Gasteiger partial charge in [-0.3, -0.25) is 0 Å². The Morgan fingerprint density at radius 1 is 1.05 bits per heavy atom. The fourth-order valence-electron chi connectivity index (χ4n) is 7.88. The molecule has 7 atom stereocenters. The van der Waals surface area contributed by atoms with Crippen LogP contribution in [-0.2, 0) is 0 Å². The normalized spacial score (nSPS) is 56.4. The van der Waals surface area contributed by atoms with E-state index in [4.69, 9.17) is 0 Å². The lowest BCUT2D eigenvalue weighted by Crippen LogP contribution is -2.63. The monoisotopic (exact) mass is 304 g/mol. The molecule has 1 spiro atoms. The lowest BCUT2D eigenvalue weighted by atomic mass is 9.40. The highest BCUT2D eigenvalue weighted by molar-refractivity contribution is 5.28. The Morgan fingerprint density at radius 3 is 2.50 bits per heavy atom. The third-order valence-corrected chi connectivity index (χ3v) is 8.40. The van der Waals surface area contributed by atoms with Crippen LogP contribution in [0.2, 0.25) is 0 Å². The Kier molecular flexibility index (Phi) is 3.03. The van der Waals surface area contributed by atoms with Gasteiger partial charge in [0.25, 0.3) is 0 Å². The zero-order chi connectivity index (χ0) is 15.9. The summed E-state index contributed by atoms with van der Waals surface area (Å²) in [7, 11) is 0. The van der Waals surface area contributed by atoms with Crippen LogP contribution in [0.25, 0.3) is 0 Å². The lowest BCUT2D eigenvalue weighted by molar-refractivity contribution is -0.214. The second kappa shape index (κ2) is 4.39. The Morgan fingerprint density at radius 2 is 1.77 bits per heavy atom. The molecule has 0 heterocycles. The van der Waals surface area contributed by atoms with Gasteiger partial charge in [0.2, 0.25) is 0 Å². The maximum Gasteiger partial charge on any atom is 0.0810 e. The van der Waals surface area contributed by atoms with Gasteiger partial charge in [-0.1, -0.05) is 33.8 Å². The third kappa shape index (κ3) is 1.64. The van der Waals surface area contributed by atoms with E-state index < -0.39 is 0 Å². The first-order valence-electron chi connectivity index (χ1n) is 9.27. The minimum atomic E-state index is -0.387. The molecule has 4 aliphatic rings. The van der Waals surface area contributed by atoms with E-state index in [0.717, 1.165) is 18.4 Å². The zero-order valence-corrected chi connectivity index (χ0v) is 14.4. The molecule has 0 aliphatic heterocycles. The van der Waals surface area contributed by atoms with Crippen LogP contribution in [0.3, 0.4) is 0 Å². The summed E-state index contributed by atoms with van der Waals surface area (Å²) >= 11 is 0. The number of rotatable bonds is 0. The first kappa shape index (κ1) is 15.2. The van der Waals surface area contributed by atoms with Gasteiger partial charge in [0.1, 0.15) is 0 Å². The maximum atomic E-state index is 11.1. The molecule has 2 heteroatoms. The van der Waals surface area contributed by atoms with Crippen LogP contribution in [0, 0.1) is 34.0 Å². The highest BCUT2D eigenvalue weighted by atomic mass is 16.3. The maximum absolute atomic E-state index is 11.1. The quantitative estimate of drug-likeness (QED) is 0.666. The van der Waals surface area contributed by atoms with Gasteiger partial charge in [0, 0.05) is 5.41 Å². The summed E-state index contributed by atoms with van der Waals surface area (Å²) in [6.45, 7) is 11.4. The van der Waals surface area contributed by atoms with Crippen molar-refractivity contribution in [3.63, 3.8) is 0 Å². The molecule has 2 bridgehead atoms. The minimum absolute atomic E-state index is 0.0852. The summed E-state index contributed by atoms with van der Waals surface area (Å²) < 4.78 is 0. The predicted molar refractivity (Wildman–Crippen MR) is 88.3 cm³/mol. The van der Waals surface area contributed by atoms with E-state index in [1.54, 1.807) is 0 Å². The molecule has 0 aromatic heterocycles. The van der Waals surface area contributed by atoms with E-state index >= 15 is 0 Å². The van der Waals surface area contributed by atoms with E-state index in [1.165, 1.54) is 32.1 Å². The first-order chi connectivity index (χ1) is 10.2. The van der Waals surface area contributed by atoms with E-state index in [1.807, 2.05) is 0 Å². The number of aliphatic hydroxyl groups excluding tert-OH is 2. The van der Waals surface area contributed by atoms with Crippen molar-refractivity contribution in [2.75, 3.05) is 0 Å². The summed E-state index contributed by atoms with van der Waals surface area (Å²) in [4.78, 5) is 0. The second-order valence-corrected chi connectivity index (χ2v) is 9.84. The van der Waals surface area contributed by atoms with Crippen molar-refractivity contribution < 1.29 is 10.2 Å². The SMILES string of the molecule is C=C1[C@@H]2CC[C@H]3[C@]4(C)CCCC(C)(C)[C@H]4[C@@H](O)C[C@]3(C2)[C@@H]1O. The minimum Gasteiger partial charge on any atom is -0.393 e. The number of hydrogen-bond donors (Lipinski definition) is 2. The molecule has 124 valence electrons. The molecule has 4 aliphatic carbocycles. The van der Waals surface area contributed by atoms with Gasteiger partial charge in [-0.2, -0.15) is 0 Å². The molecule has 0 saturated heterocycles. The summed E-state index contributed by atoms with van der Waals surface area (Å²) in [5.41, 5.74) is 1.37. The summed E-state index contributed by atoms with van der Waals surface area (Å²) in [6.07, 6.45) is 7.32. The van der Waals surface area contributed by atoms with Crippen molar-refractivity contribution >= 4 is 0 Å². The second-order valence-electron chi connectivity index (χ2n) is 9.84. The van der Waals surface area contributed by atoms with E-state index in [9.17, 15) is 10.2 Å². The van der Waals surface area contributed by atoms with Crippen molar-refractivity contribution in [2.45, 2.75) is 77.9 Å². The van der Waals surface area contributed by atoms with Crippen molar-refractivity contribution in [1.29, 1.82) is 0 Å². The molecule has 4 saturated carbocycles. The van der Waals surface area contributed by atoms with Gasteiger partial charge in [0.05, 0.1) is 12.2 Å². The molecular weight excluding hydrogens is 272 g/mol. The molecule has 4 rings (SSSR count). The van der Waals surface area contributed by atoms with Crippen LogP contribution in [0.5, 0.6) is 0 Å². The summed E-state index contributed by atoms with van der Waals surface area (Å²) in [6, 6.07) is 0. The van der Waals surface area contributed by atoms with Gasteiger partial charge in [-0.25, -0.2) is 0 Å². The number of fused-ring (bicyclic) bond motifs is 3. The third-order valence-electron chi connectivity index (χ3n) is 8.40. The molecule has 0 aromatic carbocycles. The molecule has 0 radical (unpaired) electrons. The summed E-state index contributed by atoms with van der Waals surface area (Å²) in [5.74, 6) is 1.43. The fourth-order valence-corrected chi connectivity index (χ4v) is 7.88. The molecular formula is C20H32O2. The average Bonchev–Trinajstić information content (AvgIpc) is 2.58. The van der Waals surface area contributed by atoms with Crippen molar-refractivity contribution in [3.05, 3.63) is 12.2 Å². The molecule has 2 N–H and O–H groups in total. The molecule has 0 aromatic rings. The van der Waals surface area contributed by atoms with Gasteiger partial charge < -0.3 is 10.2 Å². The standard InChI is InChI=1S/C20H32O2/c1-12-13-6-7-15-19(4)9-5-8-18(2,3)16(19)14(21)11-20(15,10-13)17(12)22/h13-17,21-22H,1,5-11H2,2-4H3/t13-,14+,15+,16-,17-,19+,20+/m1/s1. The Balaban J connectivity index is 1.82.